The van der Waals surface area contributed by atoms with E-state index in [1.165, 1.54) is 0 Å². The smallest absolute Gasteiger partial charge is 0.146 e. The highest BCUT2D eigenvalue weighted by Crippen LogP contribution is 2.12. The van der Waals surface area contributed by atoms with E-state index < -0.39 is 0 Å². The maximum absolute atomic E-state index is 8.69. The van der Waals surface area contributed by atoms with Gasteiger partial charge < -0.3 is 0 Å². The Hall–Kier alpha value is -0.220. The second-order valence-corrected chi connectivity index (χ2v) is 3.99. The molecule has 12 heavy (non-hydrogen) atoms. The van der Waals surface area contributed by atoms with Gasteiger partial charge in [0.25, 0.3) is 0 Å². The zero-order valence-electron chi connectivity index (χ0n) is 6.04. The molecule has 1 heterocycles. The van der Waals surface area contributed by atoms with Crippen molar-refractivity contribution in [2.45, 2.75) is 5.92 Å². The van der Waals surface area contributed by atoms with Crippen LogP contribution in [-0.2, 0) is 0 Å². The first-order chi connectivity index (χ1) is 5.77. The van der Waals surface area contributed by atoms with Crippen LogP contribution in [0.5, 0.6) is 0 Å². The number of alkyl halides is 1. The highest BCUT2D eigenvalue weighted by atomic mass is 127. The second-order valence-electron chi connectivity index (χ2n) is 2.10. The largest absolute Gasteiger partial charge is 0.239 e. The number of aromatic nitrogens is 2. The molecular formula is C7H5BrIN3. The van der Waals surface area contributed by atoms with E-state index in [4.69, 9.17) is 5.26 Å². The van der Waals surface area contributed by atoms with Crippen LogP contribution >= 0.6 is 38.5 Å². The van der Waals surface area contributed by atoms with Crippen LogP contribution in [0.25, 0.3) is 0 Å². The third-order valence-electron chi connectivity index (χ3n) is 1.26. The summed E-state index contributed by atoms with van der Waals surface area (Å²) in [6, 6.07) is 2.11. The third-order valence-corrected chi connectivity index (χ3v) is 2.47. The fraction of sp³-hybridized carbons (Fsp3) is 0.286. The van der Waals surface area contributed by atoms with E-state index >= 15 is 0 Å². The first-order valence-corrected chi connectivity index (χ1v) is 5.41. The molecule has 0 bridgehead atoms. The fourth-order valence-corrected chi connectivity index (χ4v) is 1.38. The number of halogens is 2. The summed E-state index contributed by atoms with van der Waals surface area (Å²) in [6.07, 6.45) is 3.41. The minimum atomic E-state index is -0.248. The molecule has 0 aromatic carbocycles. The highest BCUT2D eigenvalue weighted by molar-refractivity contribution is 14.1. The summed E-state index contributed by atoms with van der Waals surface area (Å²) in [5.41, 5.74) is 0. The van der Waals surface area contributed by atoms with Gasteiger partial charge in [0.2, 0.25) is 0 Å². The van der Waals surface area contributed by atoms with Crippen LogP contribution in [0.1, 0.15) is 11.7 Å². The third kappa shape index (κ3) is 2.38. The number of nitriles is 1. The molecule has 1 unspecified atom stereocenters. The highest BCUT2D eigenvalue weighted by Gasteiger charge is 2.10. The average molecular weight is 338 g/mol. The molecule has 1 atom stereocenters. The molecular weight excluding hydrogens is 333 g/mol. The SMILES string of the molecule is N#CC(CBr)c1ncc(I)cn1. The zero-order valence-corrected chi connectivity index (χ0v) is 9.78. The van der Waals surface area contributed by atoms with Gasteiger partial charge in [-0.05, 0) is 22.6 Å². The van der Waals surface area contributed by atoms with Gasteiger partial charge in [-0.25, -0.2) is 9.97 Å². The number of rotatable bonds is 2. The van der Waals surface area contributed by atoms with Crippen molar-refractivity contribution in [1.29, 1.82) is 5.26 Å². The van der Waals surface area contributed by atoms with Gasteiger partial charge in [-0.3, -0.25) is 0 Å². The van der Waals surface area contributed by atoms with Gasteiger partial charge in [-0.2, -0.15) is 5.26 Å². The van der Waals surface area contributed by atoms with Gasteiger partial charge in [0, 0.05) is 21.3 Å². The normalized spacial score (nSPS) is 12.1. The lowest BCUT2D eigenvalue weighted by Crippen LogP contribution is -2.03. The Labute approximate surface area is 92.5 Å². The van der Waals surface area contributed by atoms with E-state index in [9.17, 15) is 0 Å². The lowest BCUT2D eigenvalue weighted by Gasteiger charge is -2.01. The summed E-state index contributed by atoms with van der Waals surface area (Å²) in [5.74, 6) is 0.330. The lowest BCUT2D eigenvalue weighted by molar-refractivity contribution is 0.864. The summed E-state index contributed by atoms with van der Waals surface area (Å²) in [6.45, 7) is 0. The molecule has 0 saturated carbocycles. The van der Waals surface area contributed by atoms with Crippen molar-refractivity contribution in [1.82, 2.24) is 9.97 Å². The maximum atomic E-state index is 8.69. The first-order valence-electron chi connectivity index (χ1n) is 3.21. The Balaban J connectivity index is 2.89. The molecule has 0 radical (unpaired) electrons. The van der Waals surface area contributed by atoms with Gasteiger partial charge in [-0.15, -0.1) is 0 Å². The molecule has 0 aliphatic rings. The molecule has 5 heteroatoms. The molecule has 0 spiro atoms. The molecule has 0 aliphatic heterocycles. The van der Waals surface area contributed by atoms with Crippen LogP contribution in [0.2, 0.25) is 0 Å². The molecule has 0 aliphatic carbocycles. The van der Waals surface area contributed by atoms with Crippen molar-refractivity contribution in [3.05, 3.63) is 21.8 Å². The van der Waals surface area contributed by atoms with E-state index in [2.05, 4.69) is 54.6 Å². The maximum Gasteiger partial charge on any atom is 0.146 e. The number of hydrogen-bond acceptors (Lipinski definition) is 3. The van der Waals surface area contributed by atoms with Crippen LogP contribution in [0.15, 0.2) is 12.4 Å². The van der Waals surface area contributed by atoms with Crippen LogP contribution in [0, 0.1) is 14.9 Å². The minimum absolute atomic E-state index is 0.248. The van der Waals surface area contributed by atoms with Crippen molar-refractivity contribution in [3.63, 3.8) is 0 Å². The minimum Gasteiger partial charge on any atom is -0.239 e. The van der Waals surface area contributed by atoms with E-state index in [0.29, 0.717) is 11.2 Å². The Morgan fingerprint density at radius 1 is 1.58 bits per heavy atom. The predicted molar refractivity (Wildman–Crippen MR) is 56.9 cm³/mol. The Morgan fingerprint density at radius 3 is 2.58 bits per heavy atom. The van der Waals surface area contributed by atoms with Gasteiger partial charge in [0.15, 0.2) is 0 Å². The standard InChI is InChI=1S/C7H5BrIN3/c8-1-5(2-10)7-11-3-6(9)4-12-7/h3-5H,1H2. The number of nitrogens with zero attached hydrogens (tertiary/aromatic N) is 3. The molecule has 3 nitrogen and oxygen atoms in total. The molecule has 1 rings (SSSR count). The van der Waals surface area contributed by atoms with Crippen LogP contribution in [0.3, 0.4) is 0 Å². The van der Waals surface area contributed by atoms with E-state index in [0.717, 1.165) is 3.57 Å². The molecule has 62 valence electrons. The van der Waals surface area contributed by atoms with Crippen LogP contribution in [0.4, 0.5) is 0 Å². The summed E-state index contributed by atoms with van der Waals surface area (Å²) >= 11 is 5.35. The molecule has 0 N–H and O–H groups in total. The van der Waals surface area contributed by atoms with Crippen molar-refractivity contribution < 1.29 is 0 Å². The summed E-state index contributed by atoms with van der Waals surface area (Å²) in [7, 11) is 0. The van der Waals surface area contributed by atoms with E-state index in [1.54, 1.807) is 12.4 Å². The van der Waals surface area contributed by atoms with Crippen LogP contribution in [-0.4, -0.2) is 15.3 Å². The Bertz CT molecular complexity index is 293. The molecule has 0 saturated heterocycles. The van der Waals surface area contributed by atoms with Gasteiger partial charge >= 0.3 is 0 Å². The van der Waals surface area contributed by atoms with E-state index in [-0.39, 0.29) is 5.92 Å². The quantitative estimate of drug-likeness (QED) is 0.613. The average Bonchev–Trinajstić information content (AvgIpc) is 2.10. The van der Waals surface area contributed by atoms with Crippen molar-refractivity contribution in [2.75, 3.05) is 5.33 Å². The molecule has 0 amide bonds. The van der Waals surface area contributed by atoms with Crippen molar-refractivity contribution in [3.8, 4) is 6.07 Å². The second kappa shape index (κ2) is 4.72. The molecule has 1 aromatic rings. The van der Waals surface area contributed by atoms with Gasteiger partial charge in [0.1, 0.15) is 11.7 Å². The number of hydrogen-bond donors (Lipinski definition) is 0. The summed E-state index contributed by atoms with van der Waals surface area (Å²) < 4.78 is 0.975. The first kappa shape index (κ1) is 9.86. The monoisotopic (exact) mass is 337 g/mol. The Kier molecular flexibility index (Phi) is 3.88. The van der Waals surface area contributed by atoms with Gasteiger partial charge in [0.05, 0.1) is 6.07 Å². The summed E-state index contributed by atoms with van der Waals surface area (Å²) in [4.78, 5) is 8.10. The molecule has 0 fully saturated rings. The predicted octanol–water partition coefficient (Wildman–Crippen LogP) is 2.08. The fourth-order valence-electron chi connectivity index (χ4n) is 0.663. The molecule has 1 aromatic heterocycles. The lowest BCUT2D eigenvalue weighted by atomic mass is 10.2. The van der Waals surface area contributed by atoms with Gasteiger partial charge in [-0.1, -0.05) is 15.9 Å². The summed E-state index contributed by atoms with van der Waals surface area (Å²) in [5, 5.41) is 9.26. The zero-order chi connectivity index (χ0) is 8.97. The Morgan fingerprint density at radius 2 is 2.17 bits per heavy atom. The van der Waals surface area contributed by atoms with Crippen LogP contribution < -0.4 is 0 Å². The van der Waals surface area contributed by atoms with E-state index in [1.807, 2.05) is 0 Å². The van der Waals surface area contributed by atoms with Crippen molar-refractivity contribution >= 4 is 38.5 Å². The van der Waals surface area contributed by atoms with Crippen molar-refractivity contribution in [2.24, 2.45) is 0 Å². The topological polar surface area (TPSA) is 49.6 Å².